The molecule has 142 valence electrons. The van der Waals surface area contributed by atoms with Crippen molar-refractivity contribution in [3.63, 3.8) is 0 Å². The highest BCUT2D eigenvalue weighted by Crippen LogP contribution is 2.26. The first-order valence-corrected chi connectivity index (χ1v) is 9.35. The Balaban J connectivity index is 1.79. The predicted octanol–water partition coefficient (Wildman–Crippen LogP) is 5.36. The van der Waals surface area contributed by atoms with Gasteiger partial charge in [0.25, 0.3) is 5.91 Å². The van der Waals surface area contributed by atoms with Gasteiger partial charge in [0, 0.05) is 5.69 Å². The van der Waals surface area contributed by atoms with Gasteiger partial charge < -0.3 is 10.1 Å². The van der Waals surface area contributed by atoms with Crippen LogP contribution in [-0.4, -0.2) is 18.5 Å². The molecule has 1 N–H and O–H groups in total. The number of anilines is 1. The Kier molecular flexibility index (Phi) is 6.45. The minimum Gasteiger partial charge on any atom is -0.466 e. The number of halogens is 1. The van der Waals surface area contributed by atoms with Gasteiger partial charge in [-0.05, 0) is 47.9 Å². The second kappa shape index (κ2) is 9.20. The lowest BCUT2D eigenvalue weighted by molar-refractivity contribution is -0.142. The molecule has 0 unspecified atom stereocenters. The Hall–Kier alpha value is -3.11. The zero-order valence-corrected chi connectivity index (χ0v) is 16.2. The highest BCUT2D eigenvalue weighted by Gasteiger charge is 2.13. The van der Waals surface area contributed by atoms with Crippen LogP contribution in [0.25, 0.3) is 11.1 Å². The lowest BCUT2D eigenvalue weighted by Crippen LogP contribution is -2.13. The molecule has 3 aromatic carbocycles. The fourth-order valence-electron chi connectivity index (χ4n) is 2.85. The Morgan fingerprint density at radius 3 is 2.46 bits per heavy atom. The number of amides is 1. The van der Waals surface area contributed by atoms with Crippen LogP contribution in [0.5, 0.6) is 0 Å². The van der Waals surface area contributed by atoms with Crippen LogP contribution in [-0.2, 0) is 16.0 Å². The topological polar surface area (TPSA) is 55.4 Å². The number of carbonyl (C=O) groups excluding carboxylic acids is 2. The largest absolute Gasteiger partial charge is 0.466 e. The predicted molar refractivity (Wildman–Crippen MR) is 112 cm³/mol. The van der Waals surface area contributed by atoms with Crippen molar-refractivity contribution in [1.82, 2.24) is 0 Å². The van der Waals surface area contributed by atoms with Crippen molar-refractivity contribution in [3.8, 4) is 11.1 Å². The van der Waals surface area contributed by atoms with E-state index < -0.39 is 0 Å². The summed E-state index contributed by atoms with van der Waals surface area (Å²) in [6.07, 6.45) is 0.155. The summed E-state index contributed by atoms with van der Waals surface area (Å²) in [5.41, 5.74) is 3.66. The molecule has 3 rings (SSSR count). The van der Waals surface area contributed by atoms with Gasteiger partial charge in [0.05, 0.1) is 23.6 Å². The third kappa shape index (κ3) is 4.99. The molecular formula is C23H20ClNO3. The Morgan fingerprint density at radius 1 is 0.929 bits per heavy atom. The van der Waals surface area contributed by atoms with Crippen molar-refractivity contribution in [3.05, 3.63) is 88.9 Å². The molecule has 0 aromatic heterocycles. The molecule has 5 heteroatoms. The second-order valence-corrected chi connectivity index (χ2v) is 6.60. The third-order valence-electron chi connectivity index (χ3n) is 4.16. The number of carbonyl (C=O) groups is 2. The van der Waals surface area contributed by atoms with Gasteiger partial charge in [-0.3, -0.25) is 9.59 Å². The molecule has 0 saturated carbocycles. The van der Waals surface area contributed by atoms with Crippen molar-refractivity contribution in [2.75, 3.05) is 11.9 Å². The van der Waals surface area contributed by atoms with Gasteiger partial charge >= 0.3 is 5.97 Å². The summed E-state index contributed by atoms with van der Waals surface area (Å²) in [5, 5.41) is 3.22. The molecule has 4 nitrogen and oxygen atoms in total. The normalized spacial score (nSPS) is 10.4. The molecule has 0 fully saturated rings. The molecule has 0 aliphatic rings. The van der Waals surface area contributed by atoms with Crippen molar-refractivity contribution in [2.24, 2.45) is 0 Å². The molecule has 0 atom stereocenters. The smallest absolute Gasteiger partial charge is 0.310 e. The minimum absolute atomic E-state index is 0.155. The van der Waals surface area contributed by atoms with E-state index in [1.807, 2.05) is 42.5 Å². The number of ether oxygens (including phenoxy) is 1. The SMILES string of the molecule is CCOC(=O)Cc1cccc(NC(=O)c2cc(-c3ccccc3)ccc2Cl)c1. The van der Waals surface area contributed by atoms with Crippen LogP contribution in [0.15, 0.2) is 72.8 Å². The quantitative estimate of drug-likeness (QED) is 0.573. The monoisotopic (exact) mass is 393 g/mol. The third-order valence-corrected chi connectivity index (χ3v) is 4.49. The van der Waals surface area contributed by atoms with Crippen LogP contribution in [0.4, 0.5) is 5.69 Å². The second-order valence-electron chi connectivity index (χ2n) is 6.20. The summed E-state index contributed by atoms with van der Waals surface area (Å²) >= 11 is 6.26. The van der Waals surface area contributed by atoms with Gasteiger partial charge in [-0.15, -0.1) is 0 Å². The van der Waals surface area contributed by atoms with E-state index in [1.165, 1.54) is 0 Å². The van der Waals surface area contributed by atoms with Crippen LogP contribution in [0.2, 0.25) is 5.02 Å². The van der Waals surface area contributed by atoms with E-state index in [0.717, 1.165) is 16.7 Å². The van der Waals surface area contributed by atoms with Crippen molar-refractivity contribution in [1.29, 1.82) is 0 Å². The molecule has 0 radical (unpaired) electrons. The number of benzene rings is 3. The van der Waals surface area contributed by atoms with Gasteiger partial charge in [0.15, 0.2) is 0 Å². The summed E-state index contributed by atoms with van der Waals surface area (Å²) in [4.78, 5) is 24.4. The van der Waals surface area contributed by atoms with Gasteiger partial charge in [0.2, 0.25) is 0 Å². The average molecular weight is 394 g/mol. The zero-order chi connectivity index (χ0) is 19.9. The van der Waals surface area contributed by atoms with E-state index in [-0.39, 0.29) is 18.3 Å². The number of esters is 1. The fourth-order valence-corrected chi connectivity index (χ4v) is 3.05. The maximum absolute atomic E-state index is 12.8. The highest BCUT2D eigenvalue weighted by atomic mass is 35.5. The Labute approximate surface area is 169 Å². The summed E-state index contributed by atoms with van der Waals surface area (Å²) in [7, 11) is 0. The zero-order valence-electron chi connectivity index (χ0n) is 15.4. The van der Waals surface area contributed by atoms with Gasteiger partial charge in [-0.1, -0.05) is 60.1 Å². The molecule has 1 amide bonds. The molecule has 3 aromatic rings. The molecule has 0 aliphatic heterocycles. The number of nitrogens with one attached hydrogen (secondary N) is 1. The van der Waals surface area contributed by atoms with E-state index in [1.54, 1.807) is 37.3 Å². The van der Waals surface area contributed by atoms with Crippen LogP contribution in [0.3, 0.4) is 0 Å². The maximum Gasteiger partial charge on any atom is 0.310 e. The highest BCUT2D eigenvalue weighted by molar-refractivity contribution is 6.34. The van der Waals surface area contributed by atoms with Crippen LogP contribution >= 0.6 is 11.6 Å². The molecular weight excluding hydrogens is 374 g/mol. The van der Waals surface area contributed by atoms with E-state index in [0.29, 0.717) is 22.9 Å². The molecule has 0 aliphatic carbocycles. The van der Waals surface area contributed by atoms with E-state index in [9.17, 15) is 9.59 Å². The van der Waals surface area contributed by atoms with Crippen molar-refractivity contribution >= 4 is 29.2 Å². The minimum atomic E-state index is -0.309. The summed E-state index contributed by atoms with van der Waals surface area (Å²) in [6, 6.07) is 22.3. The van der Waals surface area contributed by atoms with E-state index in [2.05, 4.69) is 5.32 Å². The van der Waals surface area contributed by atoms with Gasteiger partial charge in [-0.25, -0.2) is 0 Å². The summed E-state index contributed by atoms with van der Waals surface area (Å²) in [6.45, 7) is 2.10. The summed E-state index contributed by atoms with van der Waals surface area (Å²) in [5.74, 6) is -0.611. The molecule has 28 heavy (non-hydrogen) atoms. The Morgan fingerprint density at radius 2 is 1.71 bits per heavy atom. The van der Waals surface area contributed by atoms with E-state index in [4.69, 9.17) is 16.3 Å². The van der Waals surface area contributed by atoms with Gasteiger partial charge in [-0.2, -0.15) is 0 Å². The fraction of sp³-hybridized carbons (Fsp3) is 0.130. The number of hydrogen-bond acceptors (Lipinski definition) is 3. The first-order chi connectivity index (χ1) is 13.6. The first kappa shape index (κ1) is 19.6. The molecule has 0 heterocycles. The molecule has 0 saturated heterocycles. The first-order valence-electron chi connectivity index (χ1n) is 8.97. The van der Waals surface area contributed by atoms with Crippen LogP contribution in [0.1, 0.15) is 22.8 Å². The average Bonchev–Trinajstić information content (AvgIpc) is 2.69. The standard InChI is InChI=1S/C23H20ClNO3/c1-2-28-22(26)14-16-7-6-10-19(13-16)25-23(27)20-15-18(11-12-21(20)24)17-8-4-3-5-9-17/h3-13,15H,2,14H2,1H3,(H,25,27). The molecule has 0 bridgehead atoms. The van der Waals surface area contributed by atoms with Crippen molar-refractivity contribution in [2.45, 2.75) is 13.3 Å². The van der Waals surface area contributed by atoms with E-state index >= 15 is 0 Å². The lowest BCUT2D eigenvalue weighted by Gasteiger charge is -2.10. The van der Waals surface area contributed by atoms with Crippen molar-refractivity contribution < 1.29 is 14.3 Å². The maximum atomic E-state index is 12.8. The van der Waals surface area contributed by atoms with Gasteiger partial charge in [0.1, 0.15) is 0 Å². The number of hydrogen-bond donors (Lipinski definition) is 1. The summed E-state index contributed by atoms with van der Waals surface area (Å²) < 4.78 is 4.96. The molecule has 0 spiro atoms. The van der Waals surface area contributed by atoms with Crippen LogP contribution in [0, 0.1) is 0 Å². The van der Waals surface area contributed by atoms with Crippen LogP contribution < -0.4 is 5.32 Å². The number of rotatable bonds is 6. The Bertz CT molecular complexity index is 986. The lowest BCUT2D eigenvalue weighted by atomic mass is 10.0.